The van der Waals surface area contributed by atoms with Crippen LogP contribution in [0.2, 0.25) is 0 Å². The van der Waals surface area contributed by atoms with Crippen molar-refractivity contribution in [3.63, 3.8) is 0 Å². The van der Waals surface area contributed by atoms with E-state index in [0.717, 1.165) is 35.9 Å². The Labute approximate surface area is 161 Å². The average molecular weight is 399 g/mol. The summed E-state index contributed by atoms with van der Waals surface area (Å²) in [5.41, 5.74) is -0.353. The number of carbonyl (C=O) groups is 1. The summed E-state index contributed by atoms with van der Waals surface area (Å²) in [6.45, 7) is 0. The van der Waals surface area contributed by atoms with Gasteiger partial charge in [0.15, 0.2) is 5.17 Å². The normalized spacial score (nSPS) is 23.0. The van der Waals surface area contributed by atoms with E-state index >= 15 is 0 Å². The number of halogens is 3. The summed E-state index contributed by atoms with van der Waals surface area (Å²) >= 11 is 1.68. The largest absolute Gasteiger partial charge is 0.416 e. The molecule has 0 radical (unpaired) electrons. The minimum Gasteiger partial charge on any atom is -0.350 e. The molecule has 0 aromatic heterocycles. The minimum atomic E-state index is -4.37. The quantitative estimate of drug-likeness (QED) is 0.793. The third-order valence-electron chi connectivity index (χ3n) is 5.04. The summed E-state index contributed by atoms with van der Waals surface area (Å²) in [5, 5.41) is 3.68. The minimum absolute atomic E-state index is 0.0480. The van der Waals surface area contributed by atoms with E-state index in [1.807, 2.05) is 7.05 Å². The number of amides is 1. The molecule has 1 aliphatic heterocycles. The van der Waals surface area contributed by atoms with E-state index in [1.54, 1.807) is 11.8 Å². The molecule has 2 fully saturated rings. The van der Waals surface area contributed by atoms with Crippen molar-refractivity contribution in [1.29, 1.82) is 0 Å². The molecule has 3 rings (SSSR count). The molecular weight excluding hydrogens is 375 g/mol. The highest BCUT2D eigenvalue weighted by Gasteiger charge is 2.31. The number of anilines is 1. The van der Waals surface area contributed by atoms with Crippen molar-refractivity contribution in [2.24, 2.45) is 4.99 Å². The van der Waals surface area contributed by atoms with Crippen LogP contribution in [-0.2, 0) is 11.0 Å². The van der Waals surface area contributed by atoms with Crippen LogP contribution in [0.15, 0.2) is 29.3 Å². The zero-order valence-electron chi connectivity index (χ0n) is 15.3. The highest BCUT2D eigenvalue weighted by Crippen LogP contribution is 2.30. The molecule has 1 heterocycles. The van der Waals surface area contributed by atoms with Gasteiger partial charge < -0.3 is 10.2 Å². The van der Waals surface area contributed by atoms with Gasteiger partial charge >= 0.3 is 6.18 Å². The van der Waals surface area contributed by atoms with Crippen molar-refractivity contribution in [2.45, 2.75) is 56.8 Å². The summed E-state index contributed by atoms with van der Waals surface area (Å²) < 4.78 is 37.8. The summed E-state index contributed by atoms with van der Waals surface area (Å²) in [6, 6.07) is 4.95. The average Bonchev–Trinajstić information content (AvgIpc) is 2.95. The lowest BCUT2D eigenvalue weighted by Crippen LogP contribution is -2.34. The predicted octanol–water partition coefficient (Wildman–Crippen LogP) is 4.77. The van der Waals surface area contributed by atoms with Crippen LogP contribution in [0.1, 0.15) is 44.1 Å². The standard InChI is InChI=1S/C19H24F3N3OS/c1-25-16(12-27-18(25)24-14-5-3-2-4-6-14)11-17(26)23-15-9-7-13(8-10-15)19(20,21)22/h7-10,14,16H,2-6,11-12H2,1H3,(H,23,26). The Kier molecular flexibility index (Phi) is 6.34. The van der Waals surface area contributed by atoms with Crippen molar-refractivity contribution in [1.82, 2.24) is 4.90 Å². The number of hydrogen-bond donors (Lipinski definition) is 1. The third kappa shape index (κ3) is 5.40. The molecule has 4 nitrogen and oxygen atoms in total. The molecule has 0 bridgehead atoms. The number of carbonyl (C=O) groups excluding carboxylic acids is 1. The molecule has 1 saturated carbocycles. The second kappa shape index (κ2) is 8.54. The van der Waals surface area contributed by atoms with Crippen LogP contribution in [0, 0.1) is 0 Å². The molecule has 1 aliphatic carbocycles. The van der Waals surface area contributed by atoms with E-state index < -0.39 is 11.7 Å². The number of aliphatic imine (C=N–C) groups is 1. The third-order valence-corrected chi connectivity index (χ3v) is 6.24. The van der Waals surface area contributed by atoms with Gasteiger partial charge in [0, 0.05) is 31.0 Å². The topological polar surface area (TPSA) is 44.7 Å². The first-order chi connectivity index (χ1) is 12.8. The molecule has 1 N–H and O–H groups in total. The van der Waals surface area contributed by atoms with Gasteiger partial charge in [-0.3, -0.25) is 9.79 Å². The van der Waals surface area contributed by atoms with Gasteiger partial charge in [-0.05, 0) is 37.1 Å². The lowest BCUT2D eigenvalue weighted by molar-refractivity contribution is -0.137. The number of nitrogens with zero attached hydrogens (tertiary/aromatic N) is 2. The van der Waals surface area contributed by atoms with Gasteiger partial charge in [0.2, 0.25) is 5.91 Å². The second-order valence-corrected chi connectivity index (χ2v) is 8.09. The Bertz CT molecular complexity index is 684. The van der Waals surface area contributed by atoms with Crippen LogP contribution < -0.4 is 5.32 Å². The molecule has 148 valence electrons. The molecule has 1 amide bonds. The number of rotatable bonds is 4. The van der Waals surface area contributed by atoms with Crippen LogP contribution in [0.3, 0.4) is 0 Å². The fraction of sp³-hybridized carbons (Fsp3) is 0.579. The molecule has 1 aromatic rings. The fourth-order valence-corrected chi connectivity index (χ4v) is 4.66. The smallest absolute Gasteiger partial charge is 0.350 e. The number of thioether (sulfide) groups is 1. The lowest BCUT2D eigenvalue weighted by Gasteiger charge is -2.23. The van der Waals surface area contributed by atoms with E-state index in [4.69, 9.17) is 4.99 Å². The maximum atomic E-state index is 12.6. The van der Waals surface area contributed by atoms with Gasteiger partial charge in [-0.2, -0.15) is 13.2 Å². The fourth-order valence-electron chi connectivity index (χ4n) is 3.40. The second-order valence-electron chi connectivity index (χ2n) is 7.11. The number of benzene rings is 1. The zero-order chi connectivity index (χ0) is 19.4. The Morgan fingerprint density at radius 3 is 2.52 bits per heavy atom. The SMILES string of the molecule is CN1C(=NC2CCCCC2)SCC1CC(=O)Nc1ccc(C(F)(F)F)cc1. The number of alkyl halides is 3. The molecule has 1 unspecified atom stereocenters. The Balaban J connectivity index is 1.53. The van der Waals surface area contributed by atoms with Crippen molar-refractivity contribution < 1.29 is 18.0 Å². The van der Waals surface area contributed by atoms with Crippen molar-refractivity contribution >= 4 is 28.5 Å². The highest BCUT2D eigenvalue weighted by molar-refractivity contribution is 8.14. The summed E-state index contributed by atoms with van der Waals surface area (Å²) in [4.78, 5) is 19.2. The van der Waals surface area contributed by atoms with Crippen LogP contribution >= 0.6 is 11.8 Å². The molecule has 1 atom stereocenters. The summed E-state index contributed by atoms with van der Waals surface area (Å²) in [7, 11) is 1.96. The number of hydrogen-bond acceptors (Lipinski definition) is 3. The maximum Gasteiger partial charge on any atom is 0.416 e. The summed E-state index contributed by atoms with van der Waals surface area (Å²) in [6.07, 6.45) is 1.93. The summed E-state index contributed by atoms with van der Waals surface area (Å²) in [5.74, 6) is 0.591. The first-order valence-electron chi connectivity index (χ1n) is 9.23. The molecule has 2 aliphatic rings. The van der Waals surface area contributed by atoms with Crippen molar-refractivity contribution in [3.05, 3.63) is 29.8 Å². The van der Waals surface area contributed by atoms with Crippen LogP contribution in [0.25, 0.3) is 0 Å². The van der Waals surface area contributed by atoms with Gasteiger partial charge in [-0.1, -0.05) is 31.0 Å². The molecule has 0 spiro atoms. The van der Waals surface area contributed by atoms with Crippen molar-refractivity contribution in [3.8, 4) is 0 Å². The monoisotopic (exact) mass is 399 g/mol. The molecule has 1 saturated heterocycles. The van der Waals surface area contributed by atoms with Gasteiger partial charge in [-0.25, -0.2) is 0 Å². The maximum absolute atomic E-state index is 12.6. The van der Waals surface area contributed by atoms with Crippen LogP contribution in [0.5, 0.6) is 0 Å². The lowest BCUT2D eigenvalue weighted by atomic mass is 9.96. The van der Waals surface area contributed by atoms with E-state index in [-0.39, 0.29) is 18.4 Å². The van der Waals surface area contributed by atoms with Gasteiger partial charge in [0.05, 0.1) is 11.6 Å². The van der Waals surface area contributed by atoms with E-state index in [0.29, 0.717) is 11.7 Å². The first-order valence-corrected chi connectivity index (χ1v) is 10.2. The van der Waals surface area contributed by atoms with Crippen molar-refractivity contribution in [2.75, 3.05) is 18.1 Å². The van der Waals surface area contributed by atoms with E-state index in [1.165, 1.54) is 31.4 Å². The molecular formula is C19H24F3N3OS. The Hall–Kier alpha value is -1.70. The Morgan fingerprint density at radius 1 is 1.22 bits per heavy atom. The highest BCUT2D eigenvalue weighted by atomic mass is 32.2. The number of nitrogens with one attached hydrogen (secondary N) is 1. The van der Waals surface area contributed by atoms with E-state index in [9.17, 15) is 18.0 Å². The van der Waals surface area contributed by atoms with Crippen LogP contribution in [-0.4, -0.2) is 40.9 Å². The molecule has 1 aromatic carbocycles. The van der Waals surface area contributed by atoms with Gasteiger partial charge in [0.25, 0.3) is 0 Å². The molecule has 8 heteroatoms. The predicted molar refractivity (Wildman–Crippen MR) is 103 cm³/mol. The number of amidine groups is 1. The van der Waals surface area contributed by atoms with E-state index in [2.05, 4.69) is 10.2 Å². The molecule has 27 heavy (non-hydrogen) atoms. The van der Waals surface area contributed by atoms with Crippen LogP contribution in [0.4, 0.5) is 18.9 Å². The Morgan fingerprint density at radius 2 is 1.89 bits per heavy atom. The van der Waals surface area contributed by atoms with Gasteiger partial charge in [0.1, 0.15) is 0 Å². The first kappa shape index (κ1) is 20.0. The van der Waals surface area contributed by atoms with Gasteiger partial charge in [-0.15, -0.1) is 0 Å². The zero-order valence-corrected chi connectivity index (χ0v) is 16.1.